The van der Waals surface area contributed by atoms with Crippen molar-refractivity contribution in [1.29, 1.82) is 5.26 Å². The van der Waals surface area contributed by atoms with Crippen LogP contribution in [0.5, 0.6) is 0 Å². The maximum Gasteiger partial charge on any atom is 0.410 e. The highest BCUT2D eigenvalue weighted by Gasteiger charge is 2.37. The maximum absolute atomic E-state index is 12.2. The van der Waals surface area contributed by atoms with Gasteiger partial charge in [0.05, 0.1) is 18.1 Å². The molecule has 1 aliphatic rings. The van der Waals surface area contributed by atoms with Gasteiger partial charge in [-0.25, -0.2) is 9.64 Å². The quantitative estimate of drug-likeness (QED) is 0.609. The summed E-state index contributed by atoms with van der Waals surface area (Å²) >= 11 is 1.44. The van der Waals surface area contributed by atoms with Crippen molar-refractivity contribution in [3.8, 4) is 6.07 Å². The zero-order valence-corrected chi connectivity index (χ0v) is 19.0. The molecule has 0 aromatic carbocycles. The average molecular weight is 417 g/mol. The van der Waals surface area contributed by atoms with Gasteiger partial charge in [0.2, 0.25) is 5.00 Å². The Bertz CT molecular complexity index is 776. The highest BCUT2D eigenvalue weighted by atomic mass is 32.1. The monoisotopic (exact) mass is 416 g/mol. The van der Waals surface area contributed by atoms with Gasteiger partial charge in [-0.1, -0.05) is 19.9 Å². The van der Waals surface area contributed by atoms with E-state index in [0.717, 1.165) is 37.4 Å². The van der Waals surface area contributed by atoms with Crippen LogP contribution in [-0.4, -0.2) is 54.2 Å². The first kappa shape index (κ1) is 23.2. The molecule has 1 aromatic rings. The number of piperazine rings is 1. The molecule has 2 rings (SSSR count). The number of nitriles is 1. The molecule has 1 fully saturated rings. The van der Waals surface area contributed by atoms with Gasteiger partial charge in [-0.05, 0) is 52.1 Å². The predicted molar refractivity (Wildman–Crippen MR) is 116 cm³/mol. The van der Waals surface area contributed by atoms with Crippen LogP contribution >= 0.6 is 11.3 Å². The number of hydrogen-bond acceptors (Lipinski definition) is 5. The van der Waals surface area contributed by atoms with E-state index in [1.807, 2.05) is 32.9 Å². The Morgan fingerprint density at radius 3 is 2.45 bits per heavy atom. The molecular formula is C22H32N4O2S. The summed E-state index contributed by atoms with van der Waals surface area (Å²) in [5.41, 5.74) is -1.02. The van der Waals surface area contributed by atoms with Crippen LogP contribution in [0.1, 0.15) is 52.3 Å². The molecule has 29 heavy (non-hydrogen) atoms. The summed E-state index contributed by atoms with van der Waals surface area (Å²) in [5.74, 6) is 0.175. The van der Waals surface area contributed by atoms with Crippen molar-refractivity contribution in [3.05, 3.63) is 28.4 Å². The van der Waals surface area contributed by atoms with Gasteiger partial charge in [0.1, 0.15) is 5.60 Å². The van der Waals surface area contributed by atoms with Crippen LogP contribution in [0, 0.1) is 23.8 Å². The number of ether oxygens (including phenoxy) is 1. The third-order valence-corrected chi connectivity index (χ3v) is 6.55. The number of hydrogen-bond donors (Lipinski definition) is 0. The fraction of sp³-hybridized carbons (Fsp3) is 0.682. The molecule has 0 aliphatic carbocycles. The Kier molecular flexibility index (Phi) is 7.68. The summed E-state index contributed by atoms with van der Waals surface area (Å²) in [4.78, 5) is 20.8. The topological polar surface area (TPSA) is 60.9 Å². The Morgan fingerprint density at radius 1 is 1.31 bits per heavy atom. The molecule has 1 atom stereocenters. The van der Waals surface area contributed by atoms with Gasteiger partial charge in [0.25, 0.3) is 0 Å². The number of thiophene rings is 1. The van der Waals surface area contributed by atoms with Gasteiger partial charge in [-0.2, -0.15) is 16.6 Å². The smallest absolute Gasteiger partial charge is 0.410 e. The van der Waals surface area contributed by atoms with Gasteiger partial charge in [0, 0.05) is 31.1 Å². The first-order valence-electron chi connectivity index (χ1n) is 10.2. The molecule has 7 heteroatoms. The molecular weight excluding hydrogens is 384 g/mol. The van der Waals surface area contributed by atoms with Crippen molar-refractivity contribution in [2.24, 2.45) is 5.92 Å². The van der Waals surface area contributed by atoms with Crippen molar-refractivity contribution < 1.29 is 9.53 Å². The lowest BCUT2D eigenvalue weighted by atomic mass is 9.73. The molecule has 2 heterocycles. The molecule has 0 N–H and O–H groups in total. The fourth-order valence-corrected chi connectivity index (χ4v) is 4.73. The van der Waals surface area contributed by atoms with Gasteiger partial charge in [-0.3, -0.25) is 4.90 Å². The number of carbonyl (C=O) groups is 1. The van der Waals surface area contributed by atoms with Crippen molar-refractivity contribution in [1.82, 2.24) is 9.80 Å². The van der Waals surface area contributed by atoms with E-state index in [0.29, 0.717) is 18.1 Å². The molecule has 0 saturated carbocycles. The summed E-state index contributed by atoms with van der Waals surface area (Å²) in [7, 11) is 0. The van der Waals surface area contributed by atoms with Gasteiger partial charge in [0.15, 0.2) is 0 Å². The Labute approximate surface area is 178 Å². The maximum atomic E-state index is 12.2. The molecule has 1 saturated heterocycles. The standard InChI is InChI=1S/C22H32N4O2S/c1-17(2)22(16-23,18-8-9-19(24-6)29-18)10-7-11-25-12-14-26(15-13-25)20(27)28-21(3,4)5/h8-9,17H,7,10-15H2,1-5H3. The minimum atomic E-state index is -0.550. The molecule has 0 spiro atoms. The number of amides is 1. The van der Waals surface area contributed by atoms with Crippen LogP contribution in [0.25, 0.3) is 4.85 Å². The van der Waals surface area contributed by atoms with E-state index in [1.165, 1.54) is 11.3 Å². The highest BCUT2D eigenvalue weighted by molar-refractivity contribution is 7.16. The molecule has 1 aliphatic heterocycles. The van der Waals surface area contributed by atoms with E-state index in [-0.39, 0.29) is 12.0 Å². The molecule has 158 valence electrons. The van der Waals surface area contributed by atoms with E-state index < -0.39 is 11.0 Å². The summed E-state index contributed by atoms with van der Waals surface area (Å²) in [6.07, 6.45) is 1.43. The molecule has 1 unspecified atom stereocenters. The van der Waals surface area contributed by atoms with E-state index >= 15 is 0 Å². The van der Waals surface area contributed by atoms with Crippen molar-refractivity contribution in [2.75, 3.05) is 32.7 Å². The lowest BCUT2D eigenvalue weighted by Crippen LogP contribution is -2.50. The van der Waals surface area contributed by atoms with Crippen LogP contribution in [0.2, 0.25) is 0 Å². The lowest BCUT2D eigenvalue weighted by molar-refractivity contribution is 0.0143. The lowest BCUT2D eigenvalue weighted by Gasteiger charge is -2.36. The van der Waals surface area contributed by atoms with Crippen LogP contribution in [0.4, 0.5) is 9.80 Å². The van der Waals surface area contributed by atoms with E-state index in [2.05, 4.69) is 29.7 Å². The van der Waals surface area contributed by atoms with Gasteiger partial charge in [-0.15, -0.1) is 0 Å². The Balaban J connectivity index is 1.89. The molecule has 0 radical (unpaired) electrons. The van der Waals surface area contributed by atoms with Gasteiger partial charge >= 0.3 is 6.09 Å². The predicted octanol–water partition coefficient (Wildman–Crippen LogP) is 5.05. The molecule has 6 nitrogen and oxygen atoms in total. The van der Waals surface area contributed by atoms with Crippen LogP contribution < -0.4 is 0 Å². The van der Waals surface area contributed by atoms with Crippen LogP contribution in [0.3, 0.4) is 0 Å². The number of rotatable bonds is 6. The zero-order valence-electron chi connectivity index (χ0n) is 18.2. The van der Waals surface area contributed by atoms with Crippen LogP contribution in [0.15, 0.2) is 12.1 Å². The fourth-order valence-electron chi connectivity index (χ4n) is 3.63. The second-order valence-corrected chi connectivity index (χ2v) is 9.96. The summed E-state index contributed by atoms with van der Waals surface area (Å²) in [6.45, 7) is 20.9. The van der Waals surface area contributed by atoms with Crippen molar-refractivity contribution in [3.63, 3.8) is 0 Å². The van der Waals surface area contributed by atoms with E-state index in [4.69, 9.17) is 11.3 Å². The summed E-state index contributed by atoms with van der Waals surface area (Å²) in [5, 5.41) is 10.7. The first-order chi connectivity index (χ1) is 13.6. The van der Waals surface area contributed by atoms with Crippen molar-refractivity contribution in [2.45, 2.75) is 58.5 Å². The minimum absolute atomic E-state index is 0.175. The highest BCUT2D eigenvalue weighted by Crippen LogP contribution is 2.42. The Hall–Kier alpha value is -2.09. The van der Waals surface area contributed by atoms with E-state index in [9.17, 15) is 10.1 Å². The SMILES string of the molecule is [C-]#[N+]c1ccc(C(C#N)(CCCN2CCN(C(=O)OC(C)(C)C)CC2)C(C)C)s1. The van der Waals surface area contributed by atoms with Crippen molar-refractivity contribution >= 4 is 22.4 Å². The minimum Gasteiger partial charge on any atom is -0.444 e. The normalized spacial score (nSPS) is 17.4. The summed E-state index contributed by atoms with van der Waals surface area (Å²) in [6, 6.07) is 6.33. The molecule has 0 bridgehead atoms. The van der Waals surface area contributed by atoms with Gasteiger partial charge < -0.3 is 9.64 Å². The third kappa shape index (κ3) is 5.95. The Morgan fingerprint density at radius 2 is 1.97 bits per heavy atom. The second-order valence-electron chi connectivity index (χ2n) is 8.90. The average Bonchev–Trinajstić information content (AvgIpc) is 3.14. The first-order valence-corrected chi connectivity index (χ1v) is 11.0. The largest absolute Gasteiger partial charge is 0.444 e. The van der Waals surface area contributed by atoms with E-state index in [1.54, 1.807) is 4.90 Å². The molecule has 1 amide bonds. The van der Waals surface area contributed by atoms with Crippen LogP contribution in [-0.2, 0) is 10.2 Å². The number of nitrogens with zero attached hydrogens (tertiary/aromatic N) is 4. The second kappa shape index (κ2) is 9.61. The third-order valence-electron chi connectivity index (χ3n) is 5.40. The zero-order chi connectivity index (χ0) is 21.7. The molecule has 1 aromatic heterocycles. The summed E-state index contributed by atoms with van der Waals surface area (Å²) < 4.78 is 5.45. The number of carbonyl (C=O) groups excluding carboxylic acids is 1.